The third-order valence-electron chi connectivity index (χ3n) is 3.74. The van der Waals surface area contributed by atoms with Gasteiger partial charge in [-0.3, -0.25) is 9.59 Å². The Kier molecular flexibility index (Phi) is 7.67. The molecule has 25 heavy (non-hydrogen) atoms. The number of carbonyl (C=O) groups excluding carboxylic acids is 2. The third kappa shape index (κ3) is 7.52. The number of hydrogen-bond acceptors (Lipinski definition) is 3. The van der Waals surface area contributed by atoms with E-state index in [0.29, 0.717) is 0 Å². The average Bonchev–Trinajstić information content (AvgIpc) is 2.61. The molecule has 0 aliphatic heterocycles. The fourth-order valence-corrected chi connectivity index (χ4v) is 2.65. The summed E-state index contributed by atoms with van der Waals surface area (Å²) in [5.74, 6) is -0.681. The topological polar surface area (TPSA) is 55.4 Å². The van der Waals surface area contributed by atoms with Gasteiger partial charge in [-0.25, -0.2) is 0 Å². The number of carbonyl (C=O) groups is 2. The Balaban J connectivity index is 1.65. The van der Waals surface area contributed by atoms with Crippen LogP contribution in [0.5, 0.6) is 0 Å². The van der Waals surface area contributed by atoms with Crippen molar-refractivity contribution in [3.8, 4) is 0 Å². The van der Waals surface area contributed by atoms with Crippen LogP contribution in [0.2, 0.25) is 0 Å². The number of nitrogens with one attached hydrogen (secondary N) is 1. The van der Waals surface area contributed by atoms with Crippen LogP contribution in [0.1, 0.15) is 24.5 Å². The molecule has 0 fully saturated rings. The minimum atomic E-state index is -0.408. The molecule has 0 radical (unpaired) electrons. The van der Waals surface area contributed by atoms with Crippen molar-refractivity contribution in [3.63, 3.8) is 0 Å². The van der Waals surface area contributed by atoms with E-state index in [4.69, 9.17) is 4.74 Å². The first kappa shape index (κ1) is 19.2. The summed E-state index contributed by atoms with van der Waals surface area (Å²) < 4.78 is 5.99. The first-order chi connectivity index (χ1) is 12.0. The summed E-state index contributed by atoms with van der Waals surface area (Å²) in [4.78, 5) is 23.7. The van der Waals surface area contributed by atoms with Gasteiger partial charge in [-0.1, -0.05) is 58.4 Å². The lowest BCUT2D eigenvalue weighted by Gasteiger charge is -2.14. The van der Waals surface area contributed by atoms with E-state index in [1.54, 1.807) is 0 Å². The molecule has 0 unspecified atom stereocenters. The first-order valence-corrected chi connectivity index (χ1v) is 9.05. The number of halogens is 1. The number of benzene rings is 2. The van der Waals surface area contributed by atoms with Crippen LogP contribution in [0.3, 0.4) is 0 Å². The molecule has 0 bridgehead atoms. The summed E-state index contributed by atoms with van der Waals surface area (Å²) in [6, 6.07) is 17.6. The van der Waals surface area contributed by atoms with Gasteiger partial charge in [0, 0.05) is 10.5 Å². The van der Waals surface area contributed by atoms with Gasteiger partial charge in [0.25, 0.3) is 5.91 Å². The molecule has 4 nitrogen and oxygen atoms in total. The molecule has 2 aromatic carbocycles. The summed E-state index contributed by atoms with van der Waals surface area (Å²) in [5.41, 5.74) is 2.09. The van der Waals surface area contributed by atoms with Gasteiger partial charge in [0.2, 0.25) is 0 Å². The molecule has 1 atom stereocenters. The Morgan fingerprint density at radius 3 is 2.40 bits per heavy atom. The first-order valence-electron chi connectivity index (χ1n) is 8.26. The van der Waals surface area contributed by atoms with Crippen LogP contribution < -0.4 is 5.32 Å². The van der Waals surface area contributed by atoms with Crippen molar-refractivity contribution in [3.05, 3.63) is 70.2 Å². The molecular weight excluding hydrogens is 382 g/mol. The van der Waals surface area contributed by atoms with Gasteiger partial charge in [0.1, 0.15) is 0 Å². The maximum Gasteiger partial charge on any atom is 0.310 e. The molecule has 5 heteroatoms. The van der Waals surface area contributed by atoms with Crippen LogP contribution in [0, 0.1) is 0 Å². The van der Waals surface area contributed by atoms with Crippen molar-refractivity contribution < 1.29 is 14.3 Å². The van der Waals surface area contributed by atoms with Crippen LogP contribution in [-0.4, -0.2) is 24.5 Å². The van der Waals surface area contributed by atoms with Crippen LogP contribution in [0.15, 0.2) is 59.1 Å². The highest BCUT2D eigenvalue weighted by Gasteiger charge is 2.11. The van der Waals surface area contributed by atoms with Crippen molar-refractivity contribution in [1.29, 1.82) is 0 Å². The summed E-state index contributed by atoms with van der Waals surface area (Å²) in [7, 11) is 0. The van der Waals surface area contributed by atoms with Gasteiger partial charge in [0.05, 0.1) is 6.42 Å². The van der Waals surface area contributed by atoms with Crippen molar-refractivity contribution in [2.24, 2.45) is 0 Å². The van der Waals surface area contributed by atoms with E-state index in [1.165, 1.54) is 5.56 Å². The molecule has 2 aromatic rings. The Morgan fingerprint density at radius 1 is 1.04 bits per heavy atom. The monoisotopic (exact) mass is 403 g/mol. The van der Waals surface area contributed by atoms with Gasteiger partial charge < -0.3 is 10.1 Å². The van der Waals surface area contributed by atoms with E-state index in [9.17, 15) is 9.59 Å². The summed E-state index contributed by atoms with van der Waals surface area (Å²) in [5, 5.41) is 2.85. The summed E-state index contributed by atoms with van der Waals surface area (Å²) in [6.07, 6.45) is 1.89. The second kappa shape index (κ2) is 9.99. The number of rotatable bonds is 8. The van der Waals surface area contributed by atoms with Crippen molar-refractivity contribution in [2.75, 3.05) is 6.61 Å². The molecule has 0 saturated heterocycles. The predicted molar refractivity (Wildman–Crippen MR) is 101 cm³/mol. The van der Waals surface area contributed by atoms with E-state index in [2.05, 4.69) is 33.4 Å². The number of esters is 1. The van der Waals surface area contributed by atoms with E-state index in [-0.39, 0.29) is 25.0 Å². The summed E-state index contributed by atoms with van der Waals surface area (Å²) >= 11 is 3.34. The quantitative estimate of drug-likeness (QED) is 0.684. The number of aryl methyl sites for hydroxylation is 1. The van der Waals surface area contributed by atoms with Crippen molar-refractivity contribution in [2.45, 2.75) is 32.2 Å². The SMILES string of the molecule is C[C@H](CCc1ccccc1)NC(=O)COC(=O)Cc1ccc(Br)cc1. The predicted octanol–water partition coefficient (Wildman–Crippen LogP) is 3.67. The largest absolute Gasteiger partial charge is 0.455 e. The minimum absolute atomic E-state index is 0.0258. The highest BCUT2D eigenvalue weighted by molar-refractivity contribution is 9.10. The Hall–Kier alpha value is -2.14. The number of ether oxygens (including phenoxy) is 1. The lowest BCUT2D eigenvalue weighted by Crippen LogP contribution is -2.36. The molecule has 0 aliphatic carbocycles. The van der Waals surface area contributed by atoms with Gasteiger partial charge in [-0.2, -0.15) is 0 Å². The van der Waals surface area contributed by atoms with Crippen molar-refractivity contribution in [1.82, 2.24) is 5.32 Å². The smallest absolute Gasteiger partial charge is 0.310 e. The van der Waals surface area contributed by atoms with E-state index in [0.717, 1.165) is 22.9 Å². The number of hydrogen-bond donors (Lipinski definition) is 1. The van der Waals surface area contributed by atoms with Gasteiger partial charge in [-0.05, 0) is 43.0 Å². The second-order valence-electron chi connectivity index (χ2n) is 5.96. The lowest BCUT2D eigenvalue weighted by atomic mass is 10.1. The molecule has 0 aliphatic rings. The molecule has 0 spiro atoms. The summed E-state index contributed by atoms with van der Waals surface area (Å²) in [6.45, 7) is 1.70. The molecule has 2 rings (SSSR count). The van der Waals surface area contributed by atoms with Crippen LogP contribution in [0.25, 0.3) is 0 Å². The fraction of sp³-hybridized carbons (Fsp3) is 0.300. The molecular formula is C20H22BrNO3. The van der Waals surface area contributed by atoms with Gasteiger partial charge in [0.15, 0.2) is 6.61 Å². The normalized spacial score (nSPS) is 11.6. The maximum atomic E-state index is 11.9. The Morgan fingerprint density at radius 2 is 1.72 bits per heavy atom. The second-order valence-corrected chi connectivity index (χ2v) is 6.87. The van der Waals surface area contributed by atoms with E-state index in [1.807, 2.05) is 49.4 Å². The highest BCUT2D eigenvalue weighted by Crippen LogP contribution is 2.11. The zero-order chi connectivity index (χ0) is 18.1. The standard InChI is InChI=1S/C20H22BrNO3/c1-15(7-8-16-5-3-2-4-6-16)22-19(23)14-25-20(24)13-17-9-11-18(21)12-10-17/h2-6,9-12,15H,7-8,13-14H2,1H3,(H,22,23)/t15-/m1/s1. The Labute approximate surface area is 156 Å². The average molecular weight is 404 g/mol. The van der Waals surface area contributed by atoms with E-state index < -0.39 is 5.97 Å². The van der Waals surface area contributed by atoms with E-state index >= 15 is 0 Å². The number of amides is 1. The molecule has 1 amide bonds. The highest BCUT2D eigenvalue weighted by atomic mass is 79.9. The maximum absolute atomic E-state index is 11.9. The zero-order valence-corrected chi connectivity index (χ0v) is 15.8. The molecule has 0 aromatic heterocycles. The van der Waals surface area contributed by atoms with Gasteiger partial charge in [-0.15, -0.1) is 0 Å². The van der Waals surface area contributed by atoms with Gasteiger partial charge >= 0.3 is 5.97 Å². The van der Waals surface area contributed by atoms with Crippen LogP contribution >= 0.6 is 15.9 Å². The molecule has 1 N–H and O–H groups in total. The minimum Gasteiger partial charge on any atom is -0.455 e. The molecule has 0 saturated carbocycles. The Bertz CT molecular complexity index is 686. The third-order valence-corrected chi connectivity index (χ3v) is 4.27. The molecule has 0 heterocycles. The van der Waals surface area contributed by atoms with Crippen LogP contribution in [-0.2, 0) is 27.2 Å². The fourth-order valence-electron chi connectivity index (χ4n) is 2.38. The van der Waals surface area contributed by atoms with Crippen molar-refractivity contribution >= 4 is 27.8 Å². The molecule has 132 valence electrons. The lowest BCUT2D eigenvalue weighted by molar-refractivity contribution is -0.148. The van der Waals surface area contributed by atoms with Crippen LogP contribution in [0.4, 0.5) is 0 Å². The zero-order valence-electron chi connectivity index (χ0n) is 14.2.